The van der Waals surface area contributed by atoms with Crippen LogP contribution in [0.3, 0.4) is 0 Å². The lowest BCUT2D eigenvalue weighted by Crippen LogP contribution is -2.53. The minimum absolute atomic E-state index is 0.0151. The molecule has 0 unspecified atom stereocenters. The molecular weight excluding hydrogens is 391 g/mol. The molecule has 1 aliphatic heterocycles. The van der Waals surface area contributed by atoms with Crippen molar-refractivity contribution in [3.8, 4) is 0 Å². The van der Waals surface area contributed by atoms with Gasteiger partial charge in [0, 0.05) is 37.8 Å². The average Bonchev–Trinajstić information content (AvgIpc) is 2.61. The molecular formula is C18H24Cl2N4O3. The van der Waals surface area contributed by atoms with Gasteiger partial charge in [-0.2, -0.15) is 0 Å². The largest absolute Gasteiger partial charge is 0.353 e. The summed E-state index contributed by atoms with van der Waals surface area (Å²) < 4.78 is 0. The second kappa shape index (κ2) is 9.92. The van der Waals surface area contributed by atoms with Crippen LogP contribution < -0.4 is 10.6 Å². The molecule has 1 fully saturated rings. The molecule has 0 atom stereocenters. The van der Waals surface area contributed by atoms with Crippen LogP contribution in [0.1, 0.15) is 24.2 Å². The molecule has 27 heavy (non-hydrogen) atoms. The van der Waals surface area contributed by atoms with Gasteiger partial charge in [0.25, 0.3) is 5.91 Å². The predicted molar refractivity (Wildman–Crippen MR) is 105 cm³/mol. The van der Waals surface area contributed by atoms with Crippen molar-refractivity contribution in [1.29, 1.82) is 0 Å². The third-order valence-corrected chi connectivity index (χ3v) is 4.86. The van der Waals surface area contributed by atoms with Gasteiger partial charge in [-0.25, -0.2) is 0 Å². The summed E-state index contributed by atoms with van der Waals surface area (Å²) in [5.74, 6) is -0.556. The Morgan fingerprint density at radius 3 is 2.33 bits per heavy atom. The zero-order valence-electron chi connectivity index (χ0n) is 15.4. The maximum Gasteiger partial charge on any atom is 0.251 e. The third-order valence-electron chi connectivity index (χ3n) is 4.12. The van der Waals surface area contributed by atoms with Crippen LogP contribution in [0, 0.1) is 0 Å². The molecule has 1 aromatic carbocycles. The molecule has 7 nitrogen and oxygen atoms in total. The maximum absolute atomic E-state index is 12.3. The van der Waals surface area contributed by atoms with Crippen LogP contribution in [0.5, 0.6) is 0 Å². The van der Waals surface area contributed by atoms with E-state index in [-0.39, 0.29) is 35.3 Å². The molecule has 0 bridgehead atoms. The highest BCUT2D eigenvalue weighted by Gasteiger charge is 2.23. The fourth-order valence-electron chi connectivity index (χ4n) is 2.73. The van der Waals surface area contributed by atoms with Gasteiger partial charge in [-0.15, -0.1) is 0 Å². The van der Waals surface area contributed by atoms with Crippen LogP contribution in [0.2, 0.25) is 10.0 Å². The number of nitrogens with zero attached hydrogens (tertiary/aromatic N) is 2. The van der Waals surface area contributed by atoms with E-state index < -0.39 is 0 Å². The lowest BCUT2D eigenvalue weighted by atomic mass is 10.2. The standard InChI is InChI=1S/C18H24Cl2N4O3/c1-12(2)22-16(25)11-23-5-7-24(8-6-23)17(26)10-21-18(27)13-3-4-14(19)15(20)9-13/h3-4,9,12H,5-8,10-11H2,1-2H3,(H,21,27)(H,22,25). The normalized spacial score (nSPS) is 14.9. The Bertz CT molecular complexity index is 704. The molecule has 1 aromatic rings. The van der Waals surface area contributed by atoms with Crippen LogP contribution in [0.25, 0.3) is 0 Å². The van der Waals surface area contributed by atoms with Crippen molar-refractivity contribution >= 4 is 40.9 Å². The van der Waals surface area contributed by atoms with Gasteiger partial charge in [-0.05, 0) is 32.0 Å². The Hall–Kier alpha value is -1.83. The molecule has 0 spiro atoms. The molecule has 3 amide bonds. The van der Waals surface area contributed by atoms with Crippen molar-refractivity contribution < 1.29 is 14.4 Å². The fourth-order valence-corrected chi connectivity index (χ4v) is 3.03. The Morgan fingerprint density at radius 1 is 1.07 bits per heavy atom. The number of amides is 3. The number of rotatable bonds is 6. The van der Waals surface area contributed by atoms with Crippen molar-refractivity contribution in [3.63, 3.8) is 0 Å². The van der Waals surface area contributed by atoms with Gasteiger partial charge in [-0.3, -0.25) is 19.3 Å². The van der Waals surface area contributed by atoms with Gasteiger partial charge in [0.15, 0.2) is 0 Å². The molecule has 2 rings (SSSR count). The Morgan fingerprint density at radius 2 is 1.74 bits per heavy atom. The fraction of sp³-hybridized carbons (Fsp3) is 0.500. The molecule has 1 saturated heterocycles. The van der Waals surface area contributed by atoms with E-state index >= 15 is 0 Å². The number of piperazine rings is 1. The van der Waals surface area contributed by atoms with Crippen LogP contribution >= 0.6 is 23.2 Å². The smallest absolute Gasteiger partial charge is 0.251 e. The minimum atomic E-state index is -0.383. The number of nitrogens with one attached hydrogen (secondary N) is 2. The van der Waals surface area contributed by atoms with E-state index in [9.17, 15) is 14.4 Å². The summed E-state index contributed by atoms with van der Waals surface area (Å²) in [6.07, 6.45) is 0. The van der Waals surface area contributed by atoms with E-state index in [1.807, 2.05) is 18.7 Å². The van der Waals surface area contributed by atoms with E-state index in [0.717, 1.165) is 0 Å². The molecule has 0 aliphatic carbocycles. The van der Waals surface area contributed by atoms with Crippen LogP contribution in [0.4, 0.5) is 0 Å². The average molecular weight is 415 g/mol. The molecule has 9 heteroatoms. The lowest BCUT2D eigenvalue weighted by Gasteiger charge is -2.34. The van der Waals surface area contributed by atoms with Crippen molar-refractivity contribution in [1.82, 2.24) is 20.4 Å². The predicted octanol–water partition coefficient (Wildman–Crippen LogP) is 1.39. The first-order valence-corrected chi connectivity index (χ1v) is 9.54. The van der Waals surface area contributed by atoms with Crippen LogP contribution in [0.15, 0.2) is 18.2 Å². The van der Waals surface area contributed by atoms with Crippen molar-refractivity contribution in [2.24, 2.45) is 0 Å². The highest BCUT2D eigenvalue weighted by Crippen LogP contribution is 2.22. The maximum atomic E-state index is 12.3. The zero-order chi connectivity index (χ0) is 20.0. The zero-order valence-corrected chi connectivity index (χ0v) is 16.9. The first-order valence-electron chi connectivity index (χ1n) is 8.79. The molecule has 1 aliphatic rings. The van der Waals surface area contributed by atoms with Gasteiger partial charge in [0.2, 0.25) is 11.8 Å². The number of carbonyl (C=O) groups excluding carboxylic acids is 3. The second-order valence-electron chi connectivity index (χ2n) is 6.69. The summed E-state index contributed by atoms with van der Waals surface area (Å²) in [5, 5.41) is 6.10. The van der Waals surface area contributed by atoms with Crippen molar-refractivity contribution in [2.75, 3.05) is 39.3 Å². The Kier molecular flexibility index (Phi) is 7.89. The highest BCUT2D eigenvalue weighted by atomic mass is 35.5. The molecule has 2 N–H and O–H groups in total. The number of hydrogen-bond acceptors (Lipinski definition) is 4. The van der Waals surface area contributed by atoms with Gasteiger partial charge in [0.05, 0.1) is 23.1 Å². The van der Waals surface area contributed by atoms with Gasteiger partial charge in [0.1, 0.15) is 0 Å². The lowest BCUT2D eigenvalue weighted by molar-refractivity contribution is -0.132. The van der Waals surface area contributed by atoms with Crippen molar-refractivity contribution in [2.45, 2.75) is 19.9 Å². The van der Waals surface area contributed by atoms with Gasteiger partial charge in [-0.1, -0.05) is 23.2 Å². The summed E-state index contributed by atoms with van der Waals surface area (Å²) in [6.45, 7) is 6.37. The van der Waals surface area contributed by atoms with E-state index in [2.05, 4.69) is 10.6 Å². The van der Waals surface area contributed by atoms with Crippen molar-refractivity contribution in [3.05, 3.63) is 33.8 Å². The van der Waals surface area contributed by atoms with E-state index in [1.165, 1.54) is 12.1 Å². The quantitative estimate of drug-likeness (QED) is 0.736. The monoisotopic (exact) mass is 414 g/mol. The number of carbonyl (C=O) groups is 3. The number of benzene rings is 1. The summed E-state index contributed by atoms with van der Waals surface area (Å²) in [6, 6.07) is 4.66. The summed E-state index contributed by atoms with van der Waals surface area (Å²) in [5.41, 5.74) is 0.346. The number of halogens is 2. The molecule has 0 saturated carbocycles. The third kappa shape index (κ3) is 6.68. The summed E-state index contributed by atoms with van der Waals surface area (Å²) in [7, 11) is 0. The second-order valence-corrected chi connectivity index (χ2v) is 7.51. The highest BCUT2D eigenvalue weighted by molar-refractivity contribution is 6.42. The molecule has 148 valence electrons. The Balaban J connectivity index is 1.75. The summed E-state index contributed by atoms with van der Waals surface area (Å²) >= 11 is 11.7. The van der Waals surface area contributed by atoms with E-state index in [0.29, 0.717) is 43.3 Å². The number of hydrogen-bond donors (Lipinski definition) is 2. The Labute approximate surface area is 169 Å². The first kappa shape index (κ1) is 21.5. The van der Waals surface area contributed by atoms with Gasteiger partial charge < -0.3 is 15.5 Å². The van der Waals surface area contributed by atoms with Crippen LogP contribution in [-0.2, 0) is 9.59 Å². The van der Waals surface area contributed by atoms with Crippen LogP contribution in [-0.4, -0.2) is 72.8 Å². The first-order chi connectivity index (χ1) is 12.8. The molecule has 1 heterocycles. The summed E-state index contributed by atoms with van der Waals surface area (Å²) in [4.78, 5) is 39.9. The molecule has 0 radical (unpaired) electrons. The molecule has 0 aromatic heterocycles. The topological polar surface area (TPSA) is 81.8 Å². The minimum Gasteiger partial charge on any atom is -0.353 e. The van der Waals surface area contributed by atoms with E-state index in [4.69, 9.17) is 23.2 Å². The SMILES string of the molecule is CC(C)NC(=O)CN1CCN(C(=O)CNC(=O)c2ccc(Cl)c(Cl)c2)CC1. The van der Waals surface area contributed by atoms with E-state index in [1.54, 1.807) is 11.0 Å². The van der Waals surface area contributed by atoms with Gasteiger partial charge >= 0.3 is 0 Å².